The van der Waals surface area contributed by atoms with Gasteiger partial charge >= 0.3 is 0 Å². The molecule has 1 nitrogen and oxygen atoms in total. The Balaban J connectivity index is 2.30. The molecule has 0 radical (unpaired) electrons. The number of likely N-dealkylation sites (N-methyl/N-ethyl adjacent to an activating group) is 1. The number of halogens is 2. The van der Waals surface area contributed by atoms with Gasteiger partial charge in [0, 0.05) is 6.04 Å². The van der Waals surface area contributed by atoms with Crippen LogP contribution >= 0.6 is 0 Å². The van der Waals surface area contributed by atoms with Crippen LogP contribution in [0.3, 0.4) is 0 Å². The van der Waals surface area contributed by atoms with E-state index in [1.165, 1.54) is 12.1 Å². The van der Waals surface area contributed by atoms with Crippen LogP contribution in [-0.4, -0.2) is 6.54 Å². The summed E-state index contributed by atoms with van der Waals surface area (Å²) in [6.07, 6.45) is 0.683. The maximum absolute atomic E-state index is 13.4. The predicted molar refractivity (Wildman–Crippen MR) is 82.4 cm³/mol. The number of rotatable bonds is 5. The van der Waals surface area contributed by atoms with Gasteiger partial charge in [-0.05, 0) is 67.3 Å². The van der Waals surface area contributed by atoms with Gasteiger partial charge in [0.1, 0.15) is 11.6 Å². The van der Waals surface area contributed by atoms with E-state index in [0.717, 1.165) is 23.2 Å². The molecule has 0 amide bonds. The van der Waals surface area contributed by atoms with Gasteiger partial charge in [-0.1, -0.05) is 25.1 Å². The lowest BCUT2D eigenvalue weighted by Gasteiger charge is -2.20. The molecule has 1 N–H and O–H groups in total. The van der Waals surface area contributed by atoms with Crippen molar-refractivity contribution >= 4 is 0 Å². The van der Waals surface area contributed by atoms with Crippen molar-refractivity contribution in [1.29, 1.82) is 0 Å². The first kappa shape index (κ1) is 15.6. The van der Waals surface area contributed by atoms with Gasteiger partial charge in [-0.15, -0.1) is 0 Å². The third-order valence-electron chi connectivity index (χ3n) is 3.77. The molecule has 0 bridgehead atoms. The molecule has 1 unspecified atom stereocenters. The van der Waals surface area contributed by atoms with Crippen LogP contribution in [0.1, 0.15) is 35.2 Å². The summed E-state index contributed by atoms with van der Waals surface area (Å²) in [6.45, 7) is 6.57. The zero-order chi connectivity index (χ0) is 15.4. The Morgan fingerprint density at radius 2 is 1.76 bits per heavy atom. The Morgan fingerprint density at radius 1 is 1.00 bits per heavy atom. The van der Waals surface area contributed by atoms with Gasteiger partial charge in [0.15, 0.2) is 0 Å². The number of benzene rings is 2. The number of aryl methyl sites for hydroxylation is 2. The highest BCUT2D eigenvalue weighted by Gasteiger charge is 2.14. The topological polar surface area (TPSA) is 12.0 Å². The quantitative estimate of drug-likeness (QED) is 0.856. The lowest BCUT2D eigenvalue weighted by molar-refractivity contribution is 0.542. The number of hydrogen-bond acceptors (Lipinski definition) is 1. The van der Waals surface area contributed by atoms with Crippen LogP contribution in [-0.2, 0) is 6.42 Å². The van der Waals surface area contributed by atoms with Crippen molar-refractivity contribution in [3.8, 4) is 0 Å². The van der Waals surface area contributed by atoms with Crippen LogP contribution in [0.4, 0.5) is 8.78 Å². The van der Waals surface area contributed by atoms with Gasteiger partial charge in [-0.25, -0.2) is 8.78 Å². The van der Waals surface area contributed by atoms with Gasteiger partial charge in [-0.2, -0.15) is 0 Å². The minimum absolute atomic E-state index is 0.0507. The summed E-state index contributed by atoms with van der Waals surface area (Å²) in [5.41, 5.74) is 3.70. The van der Waals surface area contributed by atoms with Crippen LogP contribution < -0.4 is 5.32 Å². The molecular weight excluding hydrogens is 268 g/mol. The van der Waals surface area contributed by atoms with Gasteiger partial charge in [-0.3, -0.25) is 0 Å². The molecule has 0 aliphatic carbocycles. The van der Waals surface area contributed by atoms with Crippen molar-refractivity contribution in [2.24, 2.45) is 0 Å². The van der Waals surface area contributed by atoms with E-state index in [4.69, 9.17) is 0 Å². The molecule has 0 aromatic heterocycles. The Labute approximate surface area is 125 Å². The van der Waals surface area contributed by atoms with Crippen LogP contribution in [0, 0.1) is 25.5 Å². The fourth-order valence-corrected chi connectivity index (χ4v) is 2.52. The van der Waals surface area contributed by atoms with Crippen molar-refractivity contribution in [3.05, 3.63) is 70.3 Å². The van der Waals surface area contributed by atoms with E-state index in [2.05, 4.69) is 5.32 Å². The average Bonchev–Trinajstić information content (AvgIpc) is 2.45. The van der Waals surface area contributed by atoms with Gasteiger partial charge in [0.25, 0.3) is 0 Å². The maximum Gasteiger partial charge on any atom is 0.126 e. The monoisotopic (exact) mass is 289 g/mol. The molecule has 0 aliphatic heterocycles. The summed E-state index contributed by atoms with van der Waals surface area (Å²) in [5.74, 6) is -0.419. The van der Waals surface area contributed by atoms with Crippen LogP contribution in [0.2, 0.25) is 0 Å². The second-order valence-electron chi connectivity index (χ2n) is 5.39. The zero-order valence-electron chi connectivity index (χ0n) is 12.7. The van der Waals surface area contributed by atoms with E-state index in [1.54, 1.807) is 25.1 Å². The first-order valence-electron chi connectivity index (χ1n) is 7.25. The van der Waals surface area contributed by atoms with Crippen molar-refractivity contribution in [2.45, 2.75) is 33.2 Å². The van der Waals surface area contributed by atoms with Crippen LogP contribution in [0.5, 0.6) is 0 Å². The second kappa shape index (κ2) is 6.81. The zero-order valence-corrected chi connectivity index (χ0v) is 12.7. The predicted octanol–water partition coefficient (Wildman–Crippen LogP) is 4.47. The molecular formula is C18H21F2N. The highest BCUT2D eigenvalue weighted by molar-refractivity contribution is 5.32. The molecule has 0 heterocycles. The average molecular weight is 289 g/mol. The highest BCUT2D eigenvalue weighted by atomic mass is 19.1. The standard InChI is InChI=1S/C18H21F2N/c1-4-21-18(14-6-8-17(20)13(3)9-14)11-15-10-16(19)7-5-12(15)2/h5-10,18,21H,4,11H2,1-3H3. The van der Waals surface area contributed by atoms with E-state index in [9.17, 15) is 8.78 Å². The summed E-state index contributed by atoms with van der Waals surface area (Å²) >= 11 is 0. The molecule has 0 spiro atoms. The molecule has 2 aromatic carbocycles. The Kier molecular flexibility index (Phi) is 5.07. The molecule has 0 fully saturated rings. The summed E-state index contributed by atoms with van der Waals surface area (Å²) in [4.78, 5) is 0. The Morgan fingerprint density at radius 3 is 2.43 bits per heavy atom. The molecule has 3 heteroatoms. The van der Waals surface area contributed by atoms with Gasteiger partial charge in [0.2, 0.25) is 0 Å². The lowest BCUT2D eigenvalue weighted by Crippen LogP contribution is -2.23. The van der Waals surface area contributed by atoms with E-state index >= 15 is 0 Å². The Bertz CT molecular complexity index is 623. The van der Waals surface area contributed by atoms with Gasteiger partial charge < -0.3 is 5.32 Å². The largest absolute Gasteiger partial charge is 0.310 e. The fraction of sp³-hybridized carbons (Fsp3) is 0.333. The number of nitrogens with one attached hydrogen (secondary N) is 1. The normalized spacial score (nSPS) is 12.4. The highest BCUT2D eigenvalue weighted by Crippen LogP contribution is 2.23. The van der Waals surface area contributed by atoms with Crippen molar-refractivity contribution < 1.29 is 8.78 Å². The third-order valence-corrected chi connectivity index (χ3v) is 3.77. The summed E-state index contributed by atoms with van der Waals surface area (Å²) in [7, 11) is 0. The second-order valence-corrected chi connectivity index (χ2v) is 5.39. The van der Waals surface area contributed by atoms with Crippen molar-refractivity contribution in [1.82, 2.24) is 5.32 Å². The molecule has 0 saturated heterocycles. The summed E-state index contributed by atoms with van der Waals surface area (Å²) in [5, 5.41) is 3.40. The third kappa shape index (κ3) is 3.88. The van der Waals surface area contributed by atoms with Gasteiger partial charge in [0.05, 0.1) is 0 Å². The first-order valence-corrected chi connectivity index (χ1v) is 7.25. The first-order chi connectivity index (χ1) is 10.0. The van der Waals surface area contributed by atoms with E-state index in [0.29, 0.717) is 12.0 Å². The molecule has 112 valence electrons. The van der Waals surface area contributed by atoms with Crippen molar-refractivity contribution in [3.63, 3.8) is 0 Å². The summed E-state index contributed by atoms with van der Waals surface area (Å²) < 4.78 is 26.9. The smallest absolute Gasteiger partial charge is 0.126 e. The van der Waals surface area contributed by atoms with E-state index in [1.807, 2.05) is 19.9 Å². The molecule has 0 saturated carbocycles. The van der Waals surface area contributed by atoms with Crippen LogP contribution in [0.15, 0.2) is 36.4 Å². The number of hydrogen-bond donors (Lipinski definition) is 1. The minimum Gasteiger partial charge on any atom is -0.310 e. The summed E-state index contributed by atoms with van der Waals surface area (Å²) in [6, 6.07) is 10.0. The molecule has 2 aromatic rings. The van der Waals surface area contributed by atoms with Crippen molar-refractivity contribution in [2.75, 3.05) is 6.54 Å². The molecule has 21 heavy (non-hydrogen) atoms. The minimum atomic E-state index is -0.221. The lowest BCUT2D eigenvalue weighted by atomic mass is 9.95. The molecule has 2 rings (SSSR count). The van der Waals surface area contributed by atoms with Crippen LogP contribution in [0.25, 0.3) is 0 Å². The van der Waals surface area contributed by atoms with E-state index in [-0.39, 0.29) is 17.7 Å². The molecule has 0 aliphatic rings. The van der Waals surface area contributed by atoms with E-state index < -0.39 is 0 Å². The Hall–Kier alpha value is -1.74. The molecule has 1 atom stereocenters. The fourth-order valence-electron chi connectivity index (χ4n) is 2.52. The maximum atomic E-state index is 13.4. The SMILES string of the molecule is CCNC(Cc1cc(F)ccc1C)c1ccc(F)c(C)c1.